The van der Waals surface area contributed by atoms with Crippen LogP contribution in [0, 0.1) is 13.8 Å². The zero-order valence-electron chi connectivity index (χ0n) is 15.6. The Kier molecular flexibility index (Phi) is 4.58. The van der Waals surface area contributed by atoms with Crippen molar-refractivity contribution in [1.82, 2.24) is 19.9 Å². The monoisotopic (exact) mass is 361 g/mol. The molecular weight excluding hydrogens is 338 g/mol. The molecule has 4 rings (SSSR count). The van der Waals surface area contributed by atoms with Gasteiger partial charge in [0.1, 0.15) is 18.0 Å². The van der Waals surface area contributed by atoms with Crippen molar-refractivity contribution in [2.75, 3.05) is 22.5 Å². The molecular formula is C20H23N7. The quantitative estimate of drug-likeness (QED) is 0.690. The van der Waals surface area contributed by atoms with E-state index in [-0.39, 0.29) is 0 Å². The van der Waals surface area contributed by atoms with E-state index < -0.39 is 0 Å². The van der Waals surface area contributed by atoms with Gasteiger partial charge in [0.05, 0.1) is 17.1 Å². The zero-order chi connectivity index (χ0) is 18.8. The fraction of sp³-hybridized carbons (Fsp3) is 0.300. The lowest BCUT2D eigenvalue weighted by atomic mass is 10.0. The van der Waals surface area contributed by atoms with E-state index in [4.69, 9.17) is 5.73 Å². The molecule has 0 saturated carbocycles. The average Bonchev–Trinajstić information content (AvgIpc) is 2.67. The van der Waals surface area contributed by atoms with Crippen LogP contribution in [0.2, 0.25) is 0 Å². The van der Waals surface area contributed by atoms with Gasteiger partial charge in [-0.25, -0.2) is 19.9 Å². The number of anilines is 3. The fourth-order valence-corrected chi connectivity index (χ4v) is 3.36. The number of aryl methyl sites for hydroxylation is 2. The first-order chi connectivity index (χ1) is 13.1. The predicted molar refractivity (Wildman–Crippen MR) is 106 cm³/mol. The summed E-state index contributed by atoms with van der Waals surface area (Å²) >= 11 is 0. The van der Waals surface area contributed by atoms with Gasteiger partial charge < -0.3 is 16.0 Å². The van der Waals surface area contributed by atoms with Crippen LogP contribution in [-0.4, -0.2) is 26.5 Å². The molecule has 27 heavy (non-hydrogen) atoms. The average molecular weight is 361 g/mol. The molecule has 0 fully saturated rings. The number of fused-ring (bicyclic) bond motifs is 1. The minimum Gasteiger partial charge on any atom is -0.397 e. The van der Waals surface area contributed by atoms with Crippen LogP contribution in [0.1, 0.15) is 28.2 Å². The Hall–Kier alpha value is -3.22. The van der Waals surface area contributed by atoms with Crippen molar-refractivity contribution in [2.45, 2.75) is 33.4 Å². The molecule has 7 heteroatoms. The number of hydrogen-bond donors (Lipinski definition) is 2. The smallest absolute Gasteiger partial charge is 0.134 e. The maximum Gasteiger partial charge on any atom is 0.134 e. The van der Waals surface area contributed by atoms with Crippen LogP contribution in [0.5, 0.6) is 0 Å². The Labute approximate surface area is 158 Å². The van der Waals surface area contributed by atoms with Crippen LogP contribution < -0.4 is 16.0 Å². The zero-order valence-corrected chi connectivity index (χ0v) is 15.6. The molecule has 1 aromatic carbocycles. The normalized spacial score (nSPS) is 13.3. The van der Waals surface area contributed by atoms with Gasteiger partial charge in [-0.3, -0.25) is 0 Å². The molecule has 0 radical (unpaired) electrons. The summed E-state index contributed by atoms with van der Waals surface area (Å²) in [6.45, 7) is 6.18. The lowest BCUT2D eigenvalue weighted by molar-refractivity contribution is 0.706. The van der Waals surface area contributed by atoms with Crippen LogP contribution in [0.3, 0.4) is 0 Å². The highest BCUT2D eigenvalue weighted by Gasteiger charge is 2.22. The highest BCUT2D eigenvalue weighted by molar-refractivity contribution is 5.69. The second-order valence-corrected chi connectivity index (χ2v) is 6.87. The molecule has 0 aliphatic carbocycles. The Morgan fingerprint density at radius 2 is 1.93 bits per heavy atom. The summed E-state index contributed by atoms with van der Waals surface area (Å²) in [7, 11) is 0. The van der Waals surface area contributed by atoms with E-state index >= 15 is 0 Å². The number of nitrogens with one attached hydrogen (secondary N) is 1. The lowest BCUT2D eigenvalue weighted by Gasteiger charge is -2.32. The third kappa shape index (κ3) is 3.67. The number of rotatable bonds is 4. The molecule has 138 valence electrons. The van der Waals surface area contributed by atoms with Gasteiger partial charge in [-0.15, -0.1) is 0 Å². The summed E-state index contributed by atoms with van der Waals surface area (Å²) in [5, 5.41) is 3.42. The van der Waals surface area contributed by atoms with E-state index in [9.17, 15) is 0 Å². The van der Waals surface area contributed by atoms with Crippen molar-refractivity contribution in [1.29, 1.82) is 0 Å². The molecule has 7 nitrogen and oxygen atoms in total. The number of nitrogens with two attached hydrogens (primary N) is 1. The number of nitrogens with zero attached hydrogens (tertiary/aromatic N) is 5. The van der Waals surface area contributed by atoms with Gasteiger partial charge in [0.2, 0.25) is 0 Å². The fourth-order valence-electron chi connectivity index (χ4n) is 3.36. The molecule has 2 aromatic heterocycles. The van der Waals surface area contributed by atoms with Crippen molar-refractivity contribution >= 4 is 17.2 Å². The van der Waals surface area contributed by atoms with Crippen molar-refractivity contribution in [3.8, 4) is 0 Å². The van der Waals surface area contributed by atoms with Crippen molar-refractivity contribution in [2.24, 2.45) is 0 Å². The Morgan fingerprint density at radius 3 is 2.70 bits per heavy atom. The molecule has 1 aliphatic rings. The highest BCUT2D eigenvalue weighted by atomic mass is 15.2. The maximum absolute atomic E-state index is 6.25. The number of nitrogen functional groups attached to an aromatic ring is 1. The number of hydrogen-bond acceptors (Lipinski definition) is 7. The minimum atomic E-state index is 0.621. The van der Waals surface area contributed by atoms with Gasteiger partial charge >= 0.3 is 0 Å². The first-order valence-corrected chi connectivity index (χ1v) is 9.05. The summed E-state index contributed by atoms with van der Waals surface area (Å²) in [5.74, 6) is 1.63. The van der Waals surface area contributed by atoms with E-state index in [1.807, 2.05) is 25.4 Å². The van der Waals surface area contributed by atoms with Crippen molar-refractivity contribution in [3.05, 3.63) is 65.1 Å². The molecule has 0 bridgehead atoms. The topological polar surface area (TPSA) is 92.9 Å². The predicted octanol–water partition coefficient (Wildman–Crippen LogP) is 2.64. The Morgan fingerprint density at radius 1 is 1.11 bits per heavy atom. The van der Waals surface area contributed by atoms with Gasteiger partial charge in [-0.2, -0.15) is 0 Å². The third-order valence-corrected chi connectivity index (χ3v) is 4.82. The van der Waals surface area contributed by atoms with Gasteiger partial charge in [0.25, 0.3) is 0 Å². The molecule has 1 aliphatic heterocycles. The second kappa shape index (κ2) is 7.19. The summed E-state index contributed by atoms with van der Waals surface area (Å²) in [6, 6.07) is 6.21. The van der Waals surface area contributed by atoms with E-state index in [0.29, 0.717) is 6.54 Å². The van der Waals surface area contributed by atoms with E-state index in [1.54, 1.807) is 6.33 Å². The van der Waals surface area contributed by atoms with Crippen molar-refractivity contribution in [3.63, 3.8) is 0 Å². The number of benzene rings is 1. The first kappa shape index (κ1) is 17.2. The molecule has 3 heterocycles. The van der Waals surface area contributed by atoms with E-state index in [0.717, 1.165) is 59.3 Å². The standard InChI is InChI=1S/C20H23N7/c1-13-3-4-19(17(21)7-13)27-6-5-18-16(11-27)20(26-12-25-18)24-10-15-8-22-14(2)23-9-15/h3-4,7-9,12H,5-6,10-11,21H2,1-2H3,(H,24,25,26). The van der Waals surface area contributed by atoms with E-state index in [2.05, 4.69) is 49.2 Å². The van der Waals surface area contributed by atoms with Gasteiger partial charge in [-0.05, 0) is 31.5 Å². The van der Waals surface area contributed by atoms with Crippen LogP contribution in [0.15, 0.2) is 36.9 Å². The van der Waals surface area contributed by atoms with Crippen LogP contribution in [0.25, 0.3) is 0 Å². The Bertz CT molecular complexity index is 953. The summed E-state index contributed by atoms with van der Waals surface area (Å²) in [6.07, 6.45) is 6.17. The van der Waals surface area contributed by atoms with Crippen molar-refractivity contribution < 1.29 is 0 Å². The van der Waals surface area contributed by atoms with Gasteiger partial charge in [0.15, 0.2) is 0 Å². The lowest BCUT2D eigenvalue weighted by Crippen LogP contribution is -2.32. The molecule has 3 aromatic rings. The molecule has 0 saturated heterocycles. The maximum atomic E-state index is 6.25. The minimum absolute atomic E-state index is 0.621. The Balaban J connectivity index is 1.56. The molecule has 0 atom stereocenters. The summed E-state index contributed by atoms with van der Waals surface area (Å²) in [5.41, 5.74) is 12.5. The van der Waals surface area contributed by atoms with Gasteiger partial charge in [-0.1, -0.05) is 6.07 Å². The second-order valence-electron chi connectivity index (χ2n) is 6.87. The van der Waals surface area contributed by atoms with Crippen LogP contribution >= 0.6 is 0 Å². The van der Waals surface area contributed by atoms with Crippen LogP contribution in [0.4, 0.5) is 17.2 Å². The first-order valence-electron chi connectivity index (χ1n) is 9.05. The van der Waals surface area contributed by atoms with Gasteiger partial charge in [0, 0.05) is 49.6 Å². The highest BCUT2D eigenvalue weighted by Crippen LogP contribution is 2.31. The molecule has 0 spiro atoms. The van der Waals surface area contributed by atoms with Crippen LogP contribution in [-0.2, 0) is 19.5 Å². The summed E-state index contributed by atoms with van der Waals surface area (Å²) < 4.78 is 0. The van der Waals surface area contributed by atoms with E-state index in [1.165, 1.54) is 5.56 Å². The molecule has 0 amide bonds. The molecule has 0 unspecified atom stereocenters. The number of aromatic nitrogens is 4. The largest absolute Gasteiger partial charge is 0.397 e. The molecule has 3 N–H and O–H groups in total. The SMILES string of the molecule is Cc1ccc(N2CCc3ncnc(NCc4cnc(C)nc4)c3C2)c(N)c1. The summed E-state index contributed by atoms with van der Waals surface area (Å²) in [4.78, 5) is 19.7. The third-order valence-electron chi connectivity index (χ3n) is 4.82.